The van der Waals surface area contributed by atoms with Crippen LogP contribution < -0.4 is 11.1 Å². The molecule has 0 spiro atoms. The minimum Gasteiger partial charge on any atom is -0.345 e. The molecule has 1 aromatic carbocycles. The van der Waals surface area contributed by atoms with E-state index in [1.54, 1.807) is 0 Å². The van der Waals surface area contributed by atoms with Crippen molar-refractivity contribution in [1.29, 1.82) is 0 Å². The summed E-state index contributed by atoms with van der Waals surface area (Å²) in [5.41, 5.74) is 7.77. The molecule has 2 aromatic rings. The van der Waals surface area contributed by atoms with Gasteiger partial charge in [0.05, 0.1) is 16.6 Å². The zero-order chi connectivity index (χ0) is 15.5. The van der Waals surface area contributed by atoms with Gasteiger partial charge in [0.25, 0.3) is 5.91 Å². The summed E-state index contributed by atoms with van der Waals surface area (Å²) in [5.74, 6) is -0.104. The van der Waals surface area contributed by atoms with Crippen LogP contribution in [0.15, 0.2) is 30.3 Å². The minimum atomic E-state index is -0.344. The maximum atomic E-state index is 12.7. The Morgan fingerprint density at radius 2 is 1.83 bits per heavy atom. The Morgan fingerprint density at radius 3 is 2.39 bits per heavy atom. The lowest BCUT2D eigenvalue weighted by molar-refractivity contribution is 0.0897. The van der Waals surface area contributed by atoms with Crippen molar-refractivity contribution < 1.29 is 4.79 Å². The number of carbonyl (C=O) groups excluding carboxylic acids is 1. The van der Waals surface area contributed by atoms with Crippen LogP contribution in [0.5, 0.6) is 0 Å². The van der Waals surface area contributed by atoms with E-state index in [9.17, 15) is 4.79 Å². The highest BCUT2D eigenvalue weighted by molar-refractivity contribution is 6.05. The number of aromatic nitrogens is 1. The fourth-order valence-corrected chi connectivity index (χ4v) is 2.50. The summed E-state index contributed by atoms with van der Waals surface area (Å²) in [6, 6.07) is 9.61. The lowest BCUT2D eigenvalue weighted by atomic mass is 9.92. The number of carbonyl (C=O) groups is 1. The largest absolute Gasteiger partial charge is 0.345 e. The van der Waals surface area contributed by atoms with E-state index < -0.39 is 0 Å². The molecule has 0 aliphatic rings. The molecule has 3 N–H and O–H groups in total. The molecule has 128 valence electrons. The lowest BCUT2D eigenvalue weighted by Gasteiger charge is -2.31. The highest BCUT2D eigenvalue weighted by Crippen LogP contribution is 2.20. The van der Waals surface area contributed by atoms with Crippen LogP contribution in [-0.2, 0) is 0 Å². The molecule has 0 saturated carbocycles. The van der Waals surface area contributed by atoms with Crippen molar-refractivity contribution >= 4 is 41.6 Å². The minimum absolute atomic E-state index is 0. The fourth-order valence-electron chi connectivity index (χ4n) is 2.50. The van der Waals surface area contributed by atoms with E-state index in [1.165, 1.54) is 0 Å². The van der Waals surface area contributed by atoms with Gasteiger partial charge in [-0.3, -0.25) is 9.78 Å². The molecule has 4 nitrogen and oxygen atoms in total. The van der Waals surface area contributed by atoms with Gasteiger partial charge in [-0.25, -0.2) is 0 Å². The molecule has 1 heterocycles. The average Bonchev–Trinajstić information content (AvgIpc) is 2.52. The molecular weight excluding hydrogens is 333 g/mol. The van der Waals surface area contributed by atoms with Crippen molar-refractivity contribution in [3.63, 3.8) is 0 Å². The Labute approximate surface area is 150 Å². The van der Waals surface area contributed by atoms with E-state index in [-0.39, 0.29) is 36.3 Å². The van der Waals surface area contributed by atoms with E-state index in [1.807, 2.05) is 51.1 Å². The number of nitrogens with two attached hydrogens (primary N) is 1. The molecular formula is C17H25Cl2N3O. The summed E-state index contributed by atoms with van der Waals surface area (Å²) in [4.78, 5) is 17.2. The van der Waals surface area contributed by atoms with Gasteiger partial charge in [-0.1, -0.05) is 32.0 Å². The average molecular weight is 358 g/mol. The normalized spacial score (nSPS) is 10.6. The second-order valence-corrected chi connectivity index (χ2v) is 5.48. The predicted octanol–water partition coefficient (Wildman–Crippen LogP) is 3.63. The number of hydrogen-bond acceptors (Lipinski definition) is 3. The smallest absolute Gasteiger partial charge is 0.253 e. The zero-order valence-corrected chi connectivity index (χ0v) is 15.4. The van der Waals surface area contributed by atoms with E-state index >= 15 is 0 Å². The number of para-hydroxylation sites is 1. The third-order valence-corrected chi connectivity index (χ3v) is 4.23. The second kappa shape index (κ2) is 9.06. The Hall–Kier alpha value is -1.36. The first kappa shape index (κ1) is 21.6. The third kappa shape index (κ3) is 4.56. The van der Waals surface area contributed by atoms with Crippen molar-refractivity contribution in [2.75, 3.05) is 6.54 Å². The molecule has 0 aliphatic heterocycles. The summed E-state index contributed by atoms with van der Waals surface area (Å²) in [6.45, 7) is 6.45. The number of benzene rings is 1. The van der Waals surface area contributed by atoms with E-state index in [2.05, 4.69) is 10.3 Å². The van der Waals surface area contributed by atoms with Crippen LogP contribution in [0.4, 0.5) is 0 Å². The first-order valence-electron chi connectivity index (χ1n) is 7.44. The van der Waals surface area contributed by atoms with Crippen molar-refractivity contribution in [2.45, 2.75) is 39.2 Å². The molecule has 0 atom stereocenters. The Kier molecular flexibility index (Phi) is 8.53. The SMILES string of the molecule is CCC(CC)(CN)NC(=O)c1cccc2ccc(C)nc12.Cl.Cl. The molecule has 0 saturated heterocycles. The van der Waals surface area contributed by atoms with Gasteiger partial charge in [-0.15, -0.1) is 24.8 Å². The highest BCUT2D eigenvalue weighted by Gasteiger charge is 2.27. The molecule has 0 unspecified atom stereocenters. The van der Waals surface area contributed by atoms with Crippen LogP contribution in [0, 0.1) is 6.92 Å². The molecule has 23 heavy (non-hydrogen) atoms. The third-order valence-electron chi connectivity index (χ3n) is 4.23. The van der Waals surface area contributed by atoms with Crippen molar-refractivity contribution in [3.8, 4) is 0 Å². The number of fused-ring (bicyclic) bond motifs is 1. The van der Waals surface area contributed by atoms with Crippen molar-refractivity contribution in [2.24, 2.45) is 5.73 Å². The van der Waals surface area contributed by atoms with E-state index in [0.717, 1.165) is 29.4 Å². The maximum Gasteiger partial charge on any atom is 0.253 e. The number of hydrogen-bond donors (Lipinski definition) is 2. The number of pyridine rings is 1. The number of nitrogens with one attached hydrogen (secondary N) is 1. The summed E-state index contributed by atoms with van der Waals surface area (Å²) in [5, 5.41) is 4.08. The van der Waals surface area contributed by atoms with Gasteiger partial charge in [-0.05, 0) is 31.9 Å². The van der Waals surface area contributed by atoms with Crippen LogP contribution in [0.2, 0.25) is 0 Å². The number of amides is 1. The van der Waals surface area contributed by atoms with Gasteiger partial charge in [-0.2, -0.15) is 0 Å². The van der Waals surface area contributed by atoms with E-state index in [4.69, 9.17) is 5.73 Å². The molecule has 6 heteroatoms. The van der Waals surface area contributed by atoms with Gasteiger partial charge >= 0.3 is 0 Å². The molecule has 0 radical (unpaired) electrons. The summed E-state index contributed by atoms with van der Waals surface area (Å²) in [7, 11) is 0. The lowest BCUT2D eigenvalue weighted by Crippen LogP contribution is -2.52. The molecule has 1 aromatic heterocycles. The molecule has 1 amide bonds. The zero-order valence-electron chi connectivity index (χ0n) is 13.8. The highest BCUT2D eigenvalue weighted by atomic mass is 35.5. The van der Waals surface area contributed by atoms with Crippen LogP contribution in [0.25, 0.3) is 10.9 Å². The molecule has 0 bridgehead atoms. The fraction of sp³-hybridized carbons (Fsp3) is 0.412. The van der Waals surface area contributed by atoms with E-state index in [0.29, 0.717) is 12.1 Å². The van der Waals surface area contributed by atoms with Crippen LogP contribution in [0.3, 0.4) is 0 Å². The monoisotopic (exact) mass is 357 g/mol. The second-order valence-electron chi connectivity index (χ2n) is 5.48. The number of aryl methyl sites for hydroxylation is 1. The molecule has 0 aliphatic carbocycles. The number of halogens is 2. The predicted molar refractivity (Wildman–Crippen MR) is 101 cm³/mol. The van der Waals surface area contributed by atoms with Crippen LogP contribution in [-0.4, -0.2) is 23.0 Å². The van der Waals surface area contributed by atoms with Gasteiger partial charge < -0.3 is 11.1 Å². The standard InChI is InChI=1S/C17H23N3O.2ClH/c1-4-17(5-2,11-18)20-16(21)14-8-6-7-13-10-9-12(3)19-15(13)14;;/h6-10H,4-5,11,18H2,1-3H3,(H,20,21);2*1H. The summed E-state index contributed by atoms with van der Waals surface area (Å²) >= 11 is 0. The molecule has 0 fully saturated rings. The van der Waals surface area contributed by atoms with Crippen LogP contribution in [0.1, 0.15) is 42.7 Å². The first-order valence-corrected chi connectivity index (χ1v) is 7.44. The van der Waals surface area contributed by atoms with Gasteiger partial charge in [0.15, 0.2) is 0 Å². The first-order chi connectivity index (χ1) is 10.0. The number of rotatable bonds is 5. The van der Waals surface area contributed by atoms with Crippen molar-refractivity contribution in [1.82, 2.24) is 10.3 Å². The Balaban J connectivity index is 0.00000242. The Bertz CT molecular complexity index is 649. The van der Waals surface area contributed by atoms with Gasteiger partial charge in [0.1, 0.15) is 0 Å². The Morgan fingerprint density at radius 1 is 1.17 bits per heavy atom. The van der Waals surface area contributed by atoms with Crippen LogP contribution >= 0.6 is 24.8 Å². The maximum absolute atomic E-state index is 12.7. The summed E-state index contributed by atoms with van der Waals surface area (Å²) < 4.78 is 0. The number of nitrogens with zero attached hydrogens (tertiary/aromatic N) is 1. The van der Waals surface area contributed by atoms with Gasteiger partial charge in [0.2, 0.25) is 0 Å². The van der Waals surface area contributed by atoms with Gasteiger partial charge in [0, 0.05) is 17.6 Å². The molecule has 2 rings (SSSR count). The summed E-state index contributed by atoms with van der Waals surface area (Å²) in [6.07, 6.45) is 1.62. The quantitative estimate of drug-likeness (QED) is 0.858. The van der Waals surface area contributed by atoms with Crippen molar-refractivity contribution in [3.05, 3.63) is 41.6 Å². The topological polar surface area (TPSA) is 68.0 Å².